The van der Waals surface area contributed by atoms with Gasteiger partial charge in [0.15, 0.2) is 0 Å². The van der Waals surface area contributed by atoms with Crippen LogP contribution in [-0.2, 0) is 6.54 Å². The molecule has 2 aromatic rings. The second kappa shape index (κ2) is 5.69. The minimum atomic E-state index is -0.765. The molecule has 0 fully saturated rings. The highest BCUT2D eigenvalue weighted by Crippen LogP contribution is 2.18. The van der Waals surface area contributed by atoms with E-state index in [1.165, 1.54) is 0 Å². The summed E-state index contributed by atoms with van der Waals surface area (Å²) < 4.78 is 5.13. The Balaban J connectivity index is 1.97. The van der Waals surface area contributed by atoms with Crippen LogP contribution in [-0.4, -0.2) is 27.4 Å². The van der Waals surface area contributed by atoms with E-state index in [-0.39, 0.29) is 0 Å². The van der Waals surface area contributed by atoms with Gasteiger partial charge in [0.2, 0.25) is 11.7 Å². The summed E-state index contributed by atoms with van der Waals surface area (Å²) in [5.74, 6) is 1.01. The Morgan fingerprint density at radius 2 is 2.00 bits per heavy atom. The van der Waals surface area contributed by atoms with Gasteiger partial charge in [0.1, 0.15) is 0 Å². The summed E-state index contributed by atoms with van der Waals surface area (Å²) >= 11 is 5.82. The third-order valence-corrected chi connectivity index (χ3v) is 2.66. The molecule has 2 rings (SSSR count). The minimum Gasteiger partial charge on any atom is -0.389 e. The summed E-state index contributed by atoms with van der Waals surface area (Å²) in [4.78, 5) is 4.26. The lowest BCUT2D eigenvalue weighted by molar-refractivity contribution is 0.0787. The maximum absolute atomic E-state index is 9.56. The highest BCUT2D eigenvalue weighted by molar-refractivity contribution is 6.30. The van der Waals surface area contributed by atoms with Gasteiger partial charge in [-0.3, -0.25) is 0 Å². The maximum atomic E-state index is 9.56. The number of benzene rings is 1. The van der Waals surface area contributed by atoms with Crippen LogP contribution in [0.5, 0.6) is 0 Å². The fourth-order valence-corrected chi connectivity index (χ4v) is 1.64. The second-order valence-electron chi connectivity index (χ2n) is 4.93. The predicted molar refractivity (Wildman–Crippen MR) is 72.7 cm³/mol. The number of aromatic nitrogens is 2. The fourth-order valence-electron chi connectivity index (χ4n) is 1.52. The zero-order valence-corrected chi connectivity index (χ0v) is 11.6. The molecule has 0 aliphatic heterocycles. The van der Waals surface area contributed by atoms with Crippen molar-refractivity contribution in [3.05, 3.63) is 35.2 Å². The smallest absolute Gasteiger partial charge is 0.240 e. The van der Waals surface area contributed by atoms with E-state index in [0.717, 1.165) is 5.56 Å². The van der Waals surface area contributed by atoms with Crippen LogP contribution in [0.4, 0.5) is 0 Å². The van der Waals surface area contributed by atoms with E-state index >= 15 is 0 Å². The maximum Gasteiger partial charge on any atom is 0.240 e. The standard InChI is InChI=1S/C13H16ClN3O2/c1-13(2,18)8-15-7-11-16-12(17-19-11)9-3-5-10(14)6-4-9/h3-6,15,18H,7-8H2,1-2H3. The minimum absolute atomic E-state index is 0.421. The highest BCUT2D eigenvalue weighted by atomic mass is 35.5. The van der Waals surface area contributed by atoms with Crippen molar-refractivity contribution in [1.29, 1.82) is 0 Å². The van der Waals surface area contributed by atoms with E-state index in [4.69, 9.17) is 16.1 Å². The molecule has 0 radical (unpaired) electrons. The molecule has 0 saturated carbocycles. The summed E-state index contributed by atoms with van der Waals surface area (Å²) in [6.45, 7) is 4.33. The Morgan fingerprint density at radius 1 is 1.32 bits per heavy atom. The number of aliphatic hydroxyl groups is 1. The first kappa shape index (κ1) is 14.0. The average Bonchev–Trinajstić information content (AvgIpc) is 2.77. The molecular formula is C13H16ClN3O2. The van der Waals surface area contributed by atoms with Gasteiger partial charge >= 0.3 is 0 Å². The van der Waals surface area contributed by atoms with Gasteiger partial charge < -0.3 is 14.9 Å². The largest absolute Gasteiger partial charge is 0.389 e. The molecule has 1 aromatic heterocycles. The van der Waals surface area contributed by atoms with Crippen LogP contribution in [0.15, 0.2) is 28.8 Å². The van der Waals surface area contributed by atoms with Crippen LogP contribution in [0.3, 0.4) is 0 Å². The normalized spacial score (nSPS) is 11.8. The second-order valence-corrected chi connectivity index (χ2v) is 5.37. The monoisotopic (exact) mass is 281 g/mol. The van der Waals surface area contributed by atoms with Crippen molar-refractivity contribution in [2.24, 2.45) is 0 Å². The van der Waals surface area contributed by atoms with E-state index < -0.39 is 5.60 Å². The molecule has 102 valence electrons. The Morgan fingerprint density at radius 3 is 2.63 bits per heavy atom. The van der Waals surface area contributed by atoms with Gasteiger partial charge in [0, 0.05) is 17.1 Å². The topological polar surface area (TPSA) is 71.2 Å². The van der Waals surface area contributed by atoms with Crippen LogP contribution in [0.25, 0.3) is 11.4 Å². The van der Waals surface area contributed by atoms with Crippen LogP contribution in [0.2, 0.25) is 5.02 Å². The molecule has 19 heavy (non-hydrogen) atoms. The van der Waals surface area contributed by atoms with Gasteiger partial charge in [0.25, 0.3) is 0 Å². The van der Waals surface area contributed by atoms with Crippen molar-refractivity contribution in [1.82, 2.24) is 15.5 Å². The van der Waals surface area contributed by atoms with Gasteiger partial charge in [-0.15, -0.1) is 0 Å². The Hall–Kier alpha value is -1.43. The lowest BCUT2D eigenvalue weighted by Crippen LogP contribution is -2.34. The molecule has 0 unspecified atom stereocenters. The van der Waals surface area contributed by atoms with Crippen molar-refractivity contribution in [2.75, 3.05) is 6.54 Å². The fraction of sp³-hybridized carbons (Fsp3) is 0.385. The van der Waals surface area contributed by atoms with Crippen molar-refractivity contribution in [3.8, 4) is 11.4 Å². The van der Waals surface area contributed by atoms with Crippen LogP contribution >= 0.6 is 11.6 Å². The molecule has 2 N–H and O–H groups in total. The van der Waals surface area contributed by atoms with E-state index in [1.807, 2.05) is 12.1 Å². The molecule has 0 aliphatic rings. The summed E-state index contributed by atoms with van der Waals surface area (Å²) in [5, 5.41) is 17.2. The van der Waals surface area contributed by atoms with Crippen LogP contribution < -0.4 is 5.32 Å². The molecule has 0 spiro atoms. The van der Waals surface area contributed by atoms with Gasteiger partial charge in [-0.25, -0.2) is 0 Å². The molecule has 0 saturated heterocycles. The Bertz CT molecular complexity index is 532. The van der Waals surface area contributed by atoms with Crippen molar-refractivity contribution >= 4 is 11.6 Å². The van der Waals surface area contributed by atoms with Crippen molar-refractivity contribution in [2.45, 2.75) is 26.0 Å². The van der Waals surface area contributed by atoms with E-state index in [9.17, 15) is 5.11 Å². The molecule has 0 aliphatic carbocycles. The molecule has 0 atom stereocenters. The zero-order valence-electron chi connectivity index (χ0n) is 10.9. The number of nitrogens with one attached hydrogen (secondary N) is 1. The SMILES string of the molecule is CC(C)(O)CNCc1nc(-c2ccc(Cl)cc2)no1. The molecule has 0 amide bonds. The summed E-state index contributed by atoms with van der Waals surface area (Å²) in [6.07, 6.45) is 0. The van der Waals surface area contributed by atoms with Gasteiger partial charge in [-0.05, 0) is 38.1 Å². The molecule has 6 heteroatoms. The van der Waals surface area contributed by atoms with E-state index in [2.05, 4.69) is 15.5 Å². The molecule has 0 bridgehead atoms. The third kappa shape index (κ3) is 4.31. The summed E-state index contributed by atoms with van der Waals surface area (Å²) in [7, 11) is 0. The number of rotatable bonds is 5. The number of nitrogens with zero attached hydrogens (tertiary/aromatic N) is 2. The average molecular weight is 282 g/mol. The first-order valence-corrected chi connectivity index (χ1v) is 6.33. The van der Waals surface area contributed by atoms with Crippen LogP contribution in [0, 0.1) is 0 Å². The summed E-state index contributed by atoms with van der Waals surface area (Å²) in [6, 6.07) is 7.22. The first-order valence-electron chi connectivity index (χ1n) is 5.96. The summed E-state index contributed by atoms with van der Waals surface area (Å²) in [5.41, 5.74) is 0.0841. The number of hydrogen-bond donors (Lipinski definition) is 2. The quantitative estimate of drug-likeness (QED) is 0.879. The molecule has 1 aromatic carbocycles. The van der Waals surface area contributed by atoms with Gasteiger partial charge in [-0.2, -0.15) is 4.98 Å². The van der Waals surface area contributed by atoms with E-state index in [1.54, 1.807) is 26.0 Å². The molecule has 5 nitrogen and oxygen atoms in total. The zero-order chi connectivity index (χ0) is 13.9. The van der Waals surface area contributed by atoms with Crippen molar-refractivity contribution in [3.63, 3.8) is 0 Å². The van der Waals surface area contributed by atoms with Gasteiger partial charge in [-0.1, -0.05) is 16.8 Å². The molecular weight excluding hydrogens is 266 g/mol. The van der Waals surface area contributed by atoms with Crippen molar-refractivity contribution < 1.29 is 9.63 Å². The number of halogens is 1. The highest BCUT2D eigenvalue weighted by Gasteiger charge is 2.13. The first-order chi connectivity index (χ1) is 8.94. The Kier molecular flexibility index (Phi) is 4.19. The number of hydrogen-bond acceptors (Lipinski definition) is 5. The lowest BCUT2D eigenvalue weighted by Gasteiger charge is -2.16. The van der Waals surface area contributed by atoms with Gasteiger partial charge in [0.05, 0.1) is 12.1 Å². The lowest BCUT2D eigenvalue weighted by atomic mass is 10.1. The van der Waals surface area contributed by atoms with E-state index in [0.29, 0.717) is 29.8 Å². The third-order valence-electron chi connectivity index (χ3n) is 2.40. The Labute approximate surface area is 116 Å². The predicted octanol–water partition coefficient (Wildman–Crippen LogP) is 2.25. The molecule has 1 heterocycles. The van der Waals surface area contributed by atoms with Crippen LogP contribution in [0.1, 0.15) is 19.7 Å².